The molecule has 1 aromatic rings. The third-order valence-electron chi connectivity index (χ3n) is 4.74. The fraction of sp³-hybridized carbons (Fsp3) is 0.625. The lowest BCUT2D eigenvalue weighted by atomic mass is 9.81. The topological polar surface area (TPSA) is 60.2 Å². The molecule has 0 bridgehead atoms. The molecule has 0 radical (unpaired) electrons. The van der Waals surface area contributed by atoms with E-state index in [-0.39, 0.29) is 28.9 Å². The van der Waals surface area contributed by atoms with Gasteiger partial charge in [-0.15, -0.1) is 0 Å². The van der Waals surface area contributed by atoms with E-state index >= 15 is 0 Å². The Kier molecular flexibility index (Phi) is 4.26. The Labute approximate surface area is 122 Å². The average Bonchev–Trinajstić information content (AvgIpc) is 2.78. The van der Waals surface area contributed by atoms with Gasteiger partial charge in [0.2, 0.25) is 0 Å². The molecular formula is C16H25NO2S. The highest BCUT2D eigenvalue weighted by atomic mass is 32.2. The van der Waals surface area contributed by atoms with Crippen molar-refractivity contribution in [2.45, 2.75) is 45.1 Å². The second kappa shape index (κ2) is 5.49. The molecule has 0 aliphatic carbocycles. The van der Waals surface area contributed by atoms with Crippen molar-refractivity contribution in [2.24, 2.45) is 11.7 Å². The van der Waals surface area contributed by atoms with Gasteiger partial charge < -0.3 is 5.73 Å². The molecule has 20 heavy (non-hydrogen) atoms. The Bertz CT molecular complexity index is 561. The van der Waals surface area contributed by atoms with Crippen molar-refractivity contribution >= 4 is 9.84 Å². The molecule has 1 heterocycles. The molecule has 1 aromatic carbocycles. The van der Waals surface area contributed by atoms with E-state index in [4.69, 9.17) is 5.73 Å². The molecule has 2 N–H and O–H groups in total. The summed E-state index contributed by atoms with van der Waals surface area (Å²) in [5.74, 6) is 0.577. The summed E-state index contributed by atoms with van der Waals surface area (Å²) < 4.78 is 23.1. The van der Waals surface area contributed by atoms with Gasteiger partial charge in [0.15, 0.2) is 9.84 Å². The van der Waals surface area contributed by atoms with Crippen molar-refractivity contribution in [2.75, 3.05) is 11.5 Å². The van der Waals surface area contributed by atoms with Crippen LogP contribution in [0.3, 0.4) is 0 Å². The number of benzene rings is 1. The van der Waals surface area contributed by atoms with Crippen LogP contribution < -0.4 is 5.73 Å². The van der Waals surface area contributed by atoms with Crippen molar-refractivity contribution in [3.05, 3.63) is 35.4 Å². The van der Waals surface area contributed by atoms with Crippen molar-refractivity contribution in [1.29, 1.82) is 0 Å². The molecule has 0 aromatic heterocycles. The number of nitrogens with two attached hydrogens (primary N) is 1. The summed E-state index contributed by atoms with van der Waals surface area (Å²) in [6.07, 6.45) is 1.77. The predicted molar refractivity (Wildman–Crippen MR) is 83.4 cm³/mol. The van der Waals surface area contributed by atoms with E-state index < -0.39 is 9.84 Å². The van der Waals surface area contributed by atoms with Gasteiger partial charge in [-0.3, -0.25) is 0 Å². The third-order valence-corrected chi connectivity index (χ3v) is 6.53. The fourth-order valence-corrected chi connectivity index (χ4v) is 4.59. The van der Waals surface area contributed by atoms with Gasteiger partial charge in [-0.25, -0.2) is 8.42 Å². The van der Waals surface area contributed by atoms with E-state index in [1.165, 1.54) is 5.56 Å². The minimum atomic E-state index is -2.86. The Balaban J connectivity index is 2.14. The third kappa shape index (κ3) is 3.23. The van der Waals surface area contributed by atoms with Crippen LogP contribution in [0.4, 0.5) is 0 Å². The van der Waals surface area contributed by atoms with Crippen LogP contribution in [0.1, 0.15) is 50.8 Å². The van der Waals surface area contributed by atoms with Gasteiger partial charge in [0, 0.05) is 6.04 Å². The quantitative estimate of drug-likeness (QED) is 0.929. The number of sulfone groups is 1. The summed E-state index contributed by atoms with van der Waals surface area (Å²) in [5, 5.41) is 0. The van der Waals surface area contributed by atoms with Gasteiger partial charge in [-0.1, -0.05) is 45.0 Å². The minimum absolute atomic E-state index is 0.0602. The molecule has 2 rings (SSSR count). The molecule has 1 fully saturated rings. The van der Waals surface area contributed by atoms with Crippen molar-refractivity contribution in [3.8, 4) is 0 Å². The van der Waals surface area contributed by atoms with E-state index in [1.807, 2.05) is 0 Å². The van der Waals surface area contributed by atoms with Crippen LogP contribution in [0.5, 0.6) is 0 Å². The SMILES string of the molecule is CCC(C)(C)c1ccc(C(N)C2CCS(=O)(=O)C2)cc1. The van der Waals surface area contributed by atoms with Crippen LogP contribution in [-0.4, -0.2) is 19.9 Å². The van der Waals surface area contributed by atoms with Gasteiger partial charge in [0.1, 0.15) is 0 Å². The molecule has 112 valence electrons. The smallest absolute Gasteiger partial charge is 0.150 e. The normalized spacial score (nSPS) is 23.7. The maximum Gasteiger partial charge on any atom is 0.150 e. The average molecular weight is 295 g/mol. The van der Waals surface area contributed by atoms with E-state index in [0.29, 0.717) is 6.42 Å². The predicted octanol–water partition coefficient (Wildman–Crippen LogP) is 2.81. The van der Waals surface area contributed by atoms with Crippen LogP contribution in [0.15, 0.2) is 24.3 Å². The largest absolute Gasteiger partial charge is 0.324 e. The summed E-state index contributed by atoms with van der Waals surface area (Å²) >= 11 is 0. The second-order valence-corrected chi connectivity index (χ2v) is 8.78. The zero-order valence-corrected chi connectivity index (χ0v) is 13.4. The van der Waals surface area contributed by atoms with Crippen LogP contribution in [-0.2, 0) is 15.3 Å². The fourth-order valence-electron chi connectivity index (χ4n) is 2.74. The number of rotatable bonds is 4. The first-order chi connectivity index (χ1) is 9.25. The van der Waals surface area contributed by atoms with E-state index in [2.05, 4.69) is 45.0 Å². The molecule has 2 unspecified atom stereocenters. The standard InChI is InChI=1S/C16H25NO2S/c1-4-16(2,3)14-7-5-12(6-8-14)15(17)13-9-10-20(18,19)11-13/h5-8,13,15H,4,9-11,17H2,1-3H3. The van der Waals surface area contributed by atoms with Crippen LogP contribution >= 0.6 is 0 Å². The Hall–Kier alpha value is -0.870. The first-order valence-corrected chi connectivity index (χ1v) is 9.14. The first kappa shape index (κ1) is 15.5. The molecule has 0 amide bonds. The van der Waals surface area contributed by atoms with E-state index in [0.717, 1.165) is 12.0 Å². The zero-order valence-electron chi connectivity index (χ0n) is 12.6. The van der Waals surface area contributed by atoms with Gasteiger partial charge in [-0.2, -0.15) is 0 Å². The van der Waals surface area contributed by atoms with Crippen molar-refractivity contribution in [3.63, 3.8) is 0 Å². The highest BCUT2D eigenvalue weighted by Crippen LogP contribution is 2.32. The van der Waals surface area contributed by atoms with Crippen LogP contribution in [0, 0.1) is 5.92 Å². The maximum atomic E-state index is 11.5. The zero-order chi connectivity index (χ0) is 15.0. The number of hydrogen-bond donors (Lipinski definition) is 1. The Morgan fingerprint density at radius 1 is 1.30 bits per heavy atom. The Morgan fingerprint density at radius 2 is 1.90 bits per heavy atom. The summed E-state index contributed by atoms with van der Waals surface area (Å²) in [6.45, 7) is 6.64. The highest BCUT2D eigenvalue weighted by molar-refractivity contribution is 7.91. The molecular weight excluding hydrogens is 270 g/mol. The first-order valence-electron chi connectivity index (χ1n) is 7.31. The Morgan fingerprint density at radius 3 is 2.35 bits per heavy atom. The van der Waals surface area contributed by atoms with Gasteiger partial charge in [0.05, 0.1) is 11.5 Å². The lowest BCUT2D eigenvalue weighted by molar-refractivity contribution is 0.478. The molecule has 1 saturated heterocycles. The van der Waals surface area contributed by atoms with Crippen molar-refractivity contribution in [1.82, 2.24) is 0 Å². The van der Waals surface area contributed by atoms with E-state index in [9.17, 15) is 8.42 Å². The molecule has 3 nitrogen and oxygen atoms in total. The summed E-state index contributed by atoms with van der Waals surface area (Å²) in [7, 11) is -2.86. The number of hydrogen-bond acceptors (Lipinski definition) is 3. The second-order valence-electron chi connectivity index (χ2n) is 6.55. The van der Waals surface area contributed by atoms with Crippen molar-refractivity contribution < 1.29 is 8.42 Å². The lowest BCUT2D eigenvalue weighted by Gasteiger charge is -2.25. The maximum absolute atomic E-state index is 11.5. The molecule has 4 heteroatoms. The molecule has 0 saturated carbocycles. The summed E-state index contributed by atoms with van der Waals surface area (Å²) in [4.78, 5) is 0. The van der Waals surface area contributed by atoms with E-state index in [1.54, 1.807) is 0 Å². The highest BCUT2D eigenvalue weighted by Gasteiger charge is 2.32. The molecule has 1 aliphatic heterocycles. The van der Waals surface area contributed by atoms with Crippen LogP contribution in [0.25, 0.3) is 0 Å². The molecule has 2 atom stereocenters. The van der Waals surface area contributed by atoms with Gasteiger partial charge >= 0.3 is 0 Å². The summed E-state index contributed by atoms with van der Waals surface area (Å²) in [6, 6.07) is 8.20. The molecule has 1 aliphatic rings. The van der Waals surface area contributed by atoms with Gasteiger partial charge in [0.25, 0.3) is 0 Å². The summed E-state index contributed by atoms with van der Waals surface area (Å²) in [5.41, 5.74) is 8.76. The monoisotopic (exact) mass is 295 g/mol. The lowest BCUT2D eigenvalue weighted by Crippen LogP contribution is -2.23. The van der Waals surface area contributed by atoms with Crippen LogP contribution in [0.2, 0.25) is 0 Å². The molecule has 0 spiro atoms. The minimum Gasteiger partial charge on any atom is -0.324 e. The van der Waals surface area contributed by atoms with Gasteiger partial charge in [-0.05, 0) is 35.3 Å².